The minimum absolute atomic E-state index is 0.294. The van der Waals surface area contributed by atoms with Crippen molar-refractivity contribution in [3.63, 3.8) is 0 Å². The number of furan rings is 1. The van der Waals surface area contributed by atoms with E-state index in [4.69, 9.17) is 32.0 Å². The maximum absolute atomic E-state index is 12.4. The number of hydrogen-bond acceptors (Lipinski definition) is 4. The summed E-state index contributed by atoms with van der Waals surface area (Å²) in [5.74, 6) is 1.42. The molecule has 2 heterocycles. The maximum Gasteiger partial charge on any atom is 0.248 e. The van der Waals surface area contributed by atoms with Gasteiger partial charge in [-0.3, -0.25) is 4.79 Å². The van der Waals surface area contributed by atoms with Crippen LogP contribution in [0.4, 0.5) is 5.69 Å². The number of anilines is 1. The van der Waals surface area contributed by atoms with Crippen molar-refractivity contribution in [3.05, 3.63) is 100 Å². The monoisotopic (exact) mass is 488 g/mol. The lowest BCUT2D eigenvalue weighted by molar-refractivity contribution is -0.111. The second kappa shape index (κ2) is 9.21. The quantitative estimate of drug-likeness (QED) is 0.254. The van der Waals surface area contributed by atoms with Crippen LogP contribution in [0.2, 0.25) is 10.0 Å². The molecule has 2 aromatic heterocycles. The average molecular weight is 489 g/mol. The van der Waals surface area contributed by atoms with Crippen molar-refractivity contribution in [2.24, 2.45) is 0 Å². The van der Waals surface area contributed by atoms with Gasteiger partial charge in [0.1, 0.15) is 17.0 Å². The number of carbonyl (C=O) groups is 1. The Morgan fingerprint density at radius 3 is 2.50 bits per heavy atom. The van der Waals surface area contributed by atoms with Crippen molar-refractivity contribution < 1.29 is 13.6 Å². The van der Waals surface area contributed by atoms with E-state index in [2.05, 4.69) is 10.3 Å². The van der Waals surface area contributed by atoms with Gasteiger partial charge in [-0.25, -0.2) is 4.98 Å². The van der Waals surface area contributed by atoms with Gasteiger partial charge in [0.25, 0.3) is 0 Å². The third-order valence-electron chi connectivity index (χ3n) is 5.23. The molecule has 3 aromatic carbocycles. The van der Waals surface area contributed by atoms with Gasteiger partial charge in [0.2, 0.25) is 11.8 Å². The Bertz CT molecular complexity index is 1530. The van der Waals surface area contributed by atoms with Crippen LogP contribution in [0.5, 0.6) is 0 Å². The molecule has 0 spiro atoms. The van der Waals surface area contributed by atoms with Crippen LogP contribution in [-0.2, 0) is 4.79 Å². The number of carbonyl (C=O) groups excluding carboxylic acids is 1. The van der Waals surface area contributed by atoms with Crippen LogP contribution in [0.15, 0.2) is 87.7 Å². The van der Waals surface area contributed by atoms with Crippen molar-refractivity contribution >= 4 is 52.0 Å². The van der Waals surface area contributed by atoms with Crippen LogP contribution in [0.3, 0.4) is 0 Å². The third kappa shape index (κ3) is 4.76. The van der Waals surface area contributed by atoms with Crippen LogP contribution in [-0.4, -0.2) is 10.9 Å². The first-order valence-electron chi connectivity index (χ1n) is 10.5. The van der Waals surface area contributed by atoms with E-state index in [1.807, 2.05) is 43.3 Å². The first-order valence-corrected chi connectivity index (χ1v) is 11.2. The Hall–Kier alpha value is -3.80. The average Bonchev–Trinajstić information content (AvgIpc) is 3.47. The summed E-state index contributed by atoms with van der Waals surface area (Å²) < 4.78 is 11.6. The van der Waals surface area contributed by atoms with E-state index in [-0.39, 0.29) is 5.91 Å². The molecule has 1 amide bonds. The van der Waals surface area contributed by atoms with Crippen molar-refractivity contribution in [2.75, 3.05) is 5.32 Å². The molecular weight excluding hydrogens is 471 g/mol. The van der Waals surface area contributed by atoms with Crippen molar-refractivity contribution in [3.8, 4) is 22.8 Å². The molecule has 0 aliphatic rings. The highest BCUT2D eigenvalue weighted by atomic mass is 35.5. The van der Waals surface area contributed by atoms with Crippen LogP contribution in [0.1, 0.15) is 11.3 Å². The summed E-state index contributed by atoms with van der Waals surface area (Å²) >= 11 is 12.1. The van der Waals surface area contributed by atoms with E-state index in [1.54, 1.807) is 42.5 Å². The predicted molar refractivity (Wildman–Crippen MR) is 136 cm³/mol. The van der Waals surface area contributed by atoms with E-state index >= 15 is 0 Å². The fraction of sp³-hybridized carbons (Fsp3) is 0.0370. The number of oxazole rings is 1. The van der Waals surface area contributed by atoms with E-state index in [0.29, 0.717) is 44.2 Å². The molecule has 0 fully saturated rings. The number of halogens is 2. The molecule has 0 saturated heterocycles. The number of aryl methyl sites for hydroxylation is 1. The zero-order chi connectivity index (χ0) is 23.7. The Kier molecular flexibility index (Phi) is 5.97. The van der Waals surface area contributed by atoms with Gasteiger partial charge in [-0.2, -0.15) is 0 Å². The van der Waals surface area contributed by atoms with Crippen LogP contribution < -0.4 is 5.32 Å². The van der Waals surface area contributed by atoms with Gasteiger partial charge >= 0.3 is 0 Å². The molecule has 5 nitrogen and oxygen atoms in total. The molecule has 0 atom stereocenters. The van der Waals surface area contributed by atoms with Crippen molar-refractivity contribution in [1.29, 1.82) is 0 Å². The van der Waals surface area contributed by atoms with E-state index in [9.17, 15) is 4.79 Å². The number of nitrogens with one attached hydrogen (secondary N) is 1. The molecule has 0 bridgehead atoms. The minimum atomic E-state index is -0.294. The molecule has 5 aromatic rings. The summed E-state index contributed by atoms with van der Waals surface area (Å²) in [5.41, 5.74) is 4.56. The lowest BCUT2D eigenvalue weighted by Gasteiger charge is -2.01. The van der Waals surface area contributed by atoms with Gasteiger partial charge in [0.15, 0.2) is 5.58 Å². The van der Waals surface area contributed by atoms with Crippen LogP contribution in [0.25, 0.3) is 40.0 Å². The Labute approximate surface area is 205 Å². The van der Waals surface area contributed by atoms with E-state index in [0.717, 1.165) is 16.7 Å². The van der Waals surface area contributed by atoms with Gasteiger partial charge in [-0.05, 0) is 79.2 Å². The second-order valence-corrected chi connectivity index (χ2v) is 8.54. The molecule has 0 aliphatic carbocycles. The summed E-state index contributed by atoms with van der Waals surface area (Å²) in [6, 6.07) is 21.9. The number of fused-ring (bicyclic) bond motifs is 1. The highest BCUT2D eigenvalue weighted by molar-refractivity contribution is 6.31. The molecule has 5 rings (SSSR count). The highest BCUT2D eigenvalue weighted by Crippen LogP contribution is 2.28. The molecule has 0 unspecified atom stereocenters. The van der Waals surface area contributed by atoms with Crippen molar-refractivity contribution in [2.45, 2.75) is 6.92 Å². The number of benzene rings is 3. The smallest absolute Gasteiger partial charge is 0.248 e. The first-order chi connectivity index (χ1) is 16.4. The van der Waals surface area contributed by atoms with Gasteiger partial charge in [-0.1, -0.05) is 35.3 Å². The summed E-state index contributed by atoms with van der Waals surface area (Å²) in [5, 5.41) is 4.15. The van der Waals surface area contributed by atoms with Crippen LogP contribution in [0, 0.1) is 6.92 Å². The second-order valence-electron chi connectivity index (χ2n) is 7.70. The maximum atomic E-state index is 12.4. The highest BCUT2D eigenvalue weighted by Gasteiger charge is 2.10. The number of rotatable bonds is 5. The Balaban J connectivity index is 1.27. The summed E-state index contributed by atoms with van der Waals surface area (Å²) in [7, 11) is 0. The van der Waals surface area contributed by atoms with Gasteiger partial charge in [0, 0.05) is 32.9 Å². The zero-order valence-corrected chi connectivity index (χ0v) is 19.5. The molecule has 7 heteroatoms. The van der Waals surface area contributed by atoms with Gasteiger partial charge < -0.3 is 14.2 Å². The molecular formula is C27H18Cl2N2O3. The summed E-state index contributed by atoms with van der Waals surface area (Å²) in [4.78, 5) is 16.9. The number of hydrogen-bond donors (Lipinski definition) is 1. The SMILES string of the molecule is Cc1ccc(-c2ccc(C=CC(=O)Nc3ccc4oc(-c5ccc(Cl)cc5)nc4c3)o2)cc1Cl. The molecule has 34 heavy (non-hydrogen) atoms. The largest absolute Gasteiger partial charge is 0.457 e. The lowest BCUT2D eigenvalue weighted by Crippen LogP contribution is -2.07. The zero-order valence-electron chi connectivity index (χ0n) is 18.0. The normalized spacial score (nSPS) is 11.4. The van der Waals surface area contributed by atoms with E-state index < -0.39 is 0 Å². The number of amides is 1. The van der Waals surface area contributed by atoms with E-state index in [1.165, 1.54) is 6.08 Å². The topological polar surface area (TPSA) is 68.3 Å². The third-order valence-corrected chi connectivity index (χ3v) is 5.89. The molecule has 1 N–H and O–H groups in total. The number of nitrogens with zero attached hydrogens (tertiary/aromatic N) is 1. The summed E-state index contributed by atoms with van der Waals surface area (Å²) in [6.07, 6.45) is 3.03. The molecule has 0 aliphatic heterocycles. The fourth-order valence-electron chi connectivity index (χ4n) is 3.41. The minimum Gasteiger partial charge on any atom is -0.457 e. The first kappa shape index (κ1) is 22.0. The standard InChI is InChI=1S/C27H18Cl2N2O3/c1-16-2-3-18(14-22(16)29)24-12-9-21(33-24)10-13-26(32)30-20-8-11-25-23(15-20)31-27(34-25)17-4-6-19(28)7-5-17/h2-15H,1H3,(H,30,32). The molecule has 0 saturated carbocycles. The Morgan fingerprint density at radius 2 is 1.71 bits per heavy atom. The fourth-order valence-corrected chi connectivity index (χ4v) is 3.71. The van der Waals surface area contributed by atoms with Gasteiger partial charge in [-0.15, -0.1) is 0 Å². The lowest BCUT2D eigenvalue weighted by atomic mass is 10.1. The molecule has 168 valence electrons. The van der Waals surface area contributed by atoms with Crippen LogP contribution >= 0.6 is 23.2 Å². The summed E-state index contributed by atoms with van der Waals surface area (Å²) in [6.45, 7) is 1.94. The predicted octanol–water partition coefficient (Wildman–Crippen LogP) is 8.02. The molecule has 0 radical (unpaired) electrons. The van der Waals surface area contributed by atoms with Gasteiger partial charge in [0.05, 0.1) is 0 Å². The number of aromatic nitrogens is 1. The van der Waals surface area contributed by atoms with Crippen molar-refractivity contribution in [1.82, 2.24) is 4.98 Å². The Morgan fingerprint density at radius 1 is 0.912 bits per heavy atom.